The fraction of sp³-hybridized carbons (Fsp3) is 0.273. The van der Waals surface area contributed by atoms with E-state index in [4.69, 9.17) is 5.73 Å². The van der Waals surface area contributed by atoms with E-state index in [9.17, 15) is 9.59 Å². The van der Waals surface area contributed by atoms with Crippen molar-refractivity contribution in [3.63, 3.8) is 0 Å². The molecule has 0 fully saturated rings. The summed E-state index contributed by atoms with van der Waals surface area (Å²) < 4.78 is 4.38. The van der Waals surface area contributed by atoms with Crippen LogP contribution in [0.5, 0.6) is 0 Å². The summed E-state index contributed by atoms with van der Waals surface area (Å²) in [6.45, 7) is 0. The lowest BCUT2D eigenvalue weighted by Gasteiger charge is -2.00. The van der Waals surface area contributed by atoms with Crippen LogP contribution >= 0.6 is 0 Å². The molecular formula is C11H13N3O4. The Labute approximate surface area is 104 Å². The molecule has 0 saturated heterocycles. The molecule has 0 aliphatic rings. The van der Waals surface area contributed by atoms with Gasteiger partial charge >= 0.3 is 11.9 Å². The molecule has 18 heavy (non-hydrogen) atoms. The SMILES string of the molecule is COC(=O)CCC(=O)O/N=C(\N)c1cccnc1. The maximum atomic E-state index is 11.2. The molecular weight excluding hydrogens is 238 g/mol. The number of esters is 1. The average molecular weight is 251 g/mol. The number of methoxy groups -OCH3 is 1. The Kier molecular flexibility index (Phi) is 5.30. The van der Waals surface area contributed by atoms with Gasteiger partial charge in [0.05, 0.1) is 20.0 Å². The lowest BCUT2D eigenvalue weighted by atomic mass is 10.3. The molecule has 0 unspecified atom stereocenters. The summed E-state index contributed by atoms with van der Waals surface area (Å²) in [5.41, 5.74) is 6.11. The molecule has 1 aromatic heterocycles. The third-order valence-corrected chi connectivity index (χ3v) is 1.96. The van der Waals surface area contributed by atoms with E-state index in [-0.39, 0.29) is 18.7 Å². The van der Waals surface area contributed by atoms with Gasteiger partial charge < -0.3 is 15.3 Å². The number of nitrogens with two attached hydrogens (primary N) is 1. The third-order valence-electron chi connectivity index (χ3n) is 1.96. The zero-order valence-corrected chi connectivity index (χ0v) is 9.83. The van der Waals surface area contributed by atoms with Gasteiger partial charge in [0.1, 0.15) is 0 Å². The van der Waals surface area contributed by atoms with Crippen molar-refractivity contribution in [2.75, 3.05) is 7.11 Å². The van der Waals surface area contributed by atoms with Crippen molar-refractivity contribution >= 4 is 17.8 Å². The molecule has 0 aliphatic carbocycles. The number of nitrogens with zero attached hydrogens (tertiary/aromatic N) is 2. The number of hydrogen-bond donors (Lipinski definition) is 1. The fourth-order valence-electron chi connectivity index (χ4n) is 1.02. The first kappa shape index (κ1) is 13.6. The van der Waals surface area contributed by atoms with Crippen molar-refractivity contribution in [3.8, 4) is 0 Å². The van der Waals surface area contributed by atoms with Crippen molar-refractivity contribution in [2.24, 2.45) is 10.9 Å². The Morgan fingerprint density at radius 1 is 1.39 bits per heavy atom. The van der Waals surface area contributed by atoms with Crippen molar-refractivity contribution < 1.29 is 19.2 Å². The number of aromatic nitrogens is 1. The fourth-order valence-corrected chi connectivity index (χ4v) is 1.02. The summed E-state index contributed by atoms with van der Waals surface area (Å²) in [4.78, 5) is 30.4. The van der Waals surface area contributed by atoms with Gasteiger partial charge in [-0.2, -0.15) is 0 Å². The number of amidine groups is 1. The average Bonchev–Trinajstić information content (AvgIpc) is 2.42. The second-order valence-corrected chi connectivity index (χ2v) is 3.26. The summed E-state index contributed by atoms with van der Waals surface area (Å²) in [5, 5.41) is 3.45. The first-order chi connectivity index (χ1) is 8.63. The van der Waals surface area contributed by atoms with E-state index in [0.717, 1.165) is 0 Å². The van der Waals surface area contributed by atoms with E-state index in [1.54, 1.807) is 18.3 Å². The molecule has 0 aliphatic heterocycles. The summed E-state index contributed by atoms with van der Waals surface area (Å²) in [7, 11) is 1.24. The number of ether oxygens (including phenoxy) is 1. The van der Waals surface area contributed by atoms with E-state index in [1.165, 1.54) is 13.3 Å². The molecule has 96 valence electrons. The Morgan fingerprint density at radius 2 is 2.11 bits per heavy atom. The van der Waals surface area contributed by atoms with Gasteiger partial charge in [-0.05, 0) is 12.1 Å². The number of hydrogen-bond acceptors (Lipinski definition) is 6. The molecule has 1 aromatic rings. The molecule has 0 atom stereocenters. The van der Waals surface area contributed by atoms with Crippen LogP contribution in [-0.2, 0) is 19.2 Å². The maximum absolute atomic E-state index is 11.2. The smallest absolute Gasteiger partial charge is 0.335 e. The lowest BCUT2D eigenvalue weighted by Crippen LogP contribution is -2.15. The summed E-state index contributed by atoms with van der Waals surface area (Å²) in [5.74, 6) is -1.11. The van der Waals surface area contributed by atoms with E-state index in [2.05, 4.69) is 19.7 Å². The Bertz CT molecular complexity index is 445. The van der Waals surface area contributed by atoms with Crippen LogP contribution in [0.15, 0.2) is 29.7 Å². The molecule has 0 amide bonds. The number of carbonyl (C=O) groups is 2. The molecule has 0 saturated carbocycles. The highest BCUT2D eigenvalue weighted by Crippen LogP contribution is 1.98. The van der Waals surface area contributed by atoms with Crippen LogP contribution in [-0.4, -0.2) is 29.9 Å². The minimum atomic E-state index is -0.660. The Hall–Kier alpha value is -2.44. The first-order valence-corrected chi connectivity index (χ1v) is 5.14. The molecule has 1 rings (SSSR count). The van der Waals surface area contributed by atoms with E-state index in [0.29, 0.717) is 5.56 Å². The second kappa shape index (κ2) is 7.00. The highest BCUT2D eigenvalue weighted by atomic mass is 16.7. The largest absolute Gasteiger partial charge is 0.469 e. The van der Waals surface area contributed by atoms with E-state index >= 15 is 0 Å². The van der Waals surface area contributed by atoms with Crippen LogP contribution in [0.2, 0.25) is 0 Å². The van der Waals surface area contributed by atoms with E-state index < -0.39 is 11.9 Å². The zero-order chi connectivity index (χ0) is 13.4. The number of rotatable bonds is 5. The lowest BCUT2D eigenvalue weighted by molar-refractivity contribution is -0.148. The highest BCUT2D eigenvalue weighted by molar-refractivity contribution is 5.97. The predicted octanol–water partition coefficient (Wildman–Crippen LogP) is 0.198. The molecule has 0 radical (unpaired) electrons. The standard InChI is InChI=1S/C11H13N3O4/c1-17-9(15)4-5-10(16)18-14-11(12)8-3-2-6-13-7-8/h2-3,6-7H,4-5H2,1H3,(H2,12,14). The minimum Gasteiger partial charge on any atom is -0.469 e. The van der Waals surface area contributed by atoms with Gasteiger partial charge in [-0.25, -0.2) is 4.79 Å². The number of carbonyl (C=O) groups excluding carboxylic acids is 2. The summed E-state index contributed by atoms with van der Waals surface area (Å²) >= 11 is 0. The first-order valence-electron chi connectivity index (χ1n) is 5.14. The van der Waals surface area contributed by atoms with Crippen molar-refractivity contribution in [2.45, 2.75) is 12.8 Å². The van der Waals surface area contributed by atoms with Crippen LogP contribution < -0.4 is 5.73 Å². The van der Waals surface area contributed by atoms with Gasteiger partial charge in [-0.1, -0.05) is 5.16 Å². The van der Waals surface area contributed by atoms with Gasteiger partial charge in [0.2, 0.25) is 0 Å². The monoisotopic (exact) mass is 251 g/mol. The molecule has 0 bridgehead atoms. The summed E-state index contributed by atoms with van der Waals surface area (Å²) in [6, 6.07) is 3.35. The van der Waals surface area contributed by atoms with E-state index in [1.807, 2.05) is 0 Å². The molecule has 7 nitrogen and oxygen atoms in total. The topological polar surface area (TPSA) is 104 Å². The zero-order valence-electron chi connectivity index (χ0n) is 9.83. The summed E-state index contributed by atoms with van der Waals surface area (Å²) in [6.07, 6.45) is 2.90. The van der Waals surface area contributed by atoms with Gasteiger partial charge in [-0.15, -0.1) is 0 Å². The van der Waals surface area contributed by atoms with Crippen LogP contribution in [0.25, 0.3) is 0 Å². The maximum Gasteiger partial charge on any atom is 0.335 e. The van der Waals surface area contributed by atoms with Crippen LogP contribution in [0.3, 0.4) is 0 Å². The molecule has 1 heterocycles. The predicted molar refractivity (Wildman–Crippen MR) is 62.3 cm³/mol. The number of pyridine rings is 1. The van der Waals surface area contributed by atoms with Crippen LogP contribution in [0.4, 0.5) is 0 Å². The number of oxime groups is 1. The second-order valence-electron chi connectivity index (χ2n) is 3.26. The van der Waals surface area contributed by atoms with Crippen LogP contribution in [0, 0.1) is 0 Å². The minimum absolute atomic E-state index is 0.0366. The van der Waals surface area contributed by atoms with Crippen molar-refractivity contribution in [3.05, 3.63) is 30.1 Å². The van der Waals surface area contributed by atoms with Gasteiger partial charge in [0.25, 0.3) is 0 Å². The Morgan fingerprint density at radius 3 is 2.72 bits per heavy atom. The van der Waals surface area contributed by atoms with Crippen LogP contribution in [0.1, 0.15) is 18.4 Å². The molecule has 2 N–H and O–H groups in total. The molecule has 0 spiro atoms. The van der Waals surface area contributed by atoms with Gasteiger partial charge in [-0.3, -0.25) is 9.78 Å². The van der Waals surface area contributed by atoms with Crippen molar-refractivity contribution in [1.82, 2.24) is 4.98 Å². The molecule has 7 heteroatoms. The Balaban J connectivity index is 2.44. The normalized spacial score (nSPS) is 10.8. The quantitative estimate of drug-likeness (QED) is 0.263. The highest BCUT2D eigenvalue weighted by Gasteiger charge is 2.08. The van der Waals surface area contributed by atoms with Gasteiger partial charge in [0.15, 0.2) is 5.84 Å². The van der Waals surface area contributed by atoms with Crippen molar-refractivity contribution in [1.29, 1.82) is 0 Å². The van der Waals surface area contributed by atoms with Gasteiger partial charge in [0, 0.05) is 18.0 Å². The molecule has 0 aromatic carbocycles. The third kappa shape index (κ3) is 4.60.